The van der Waals surface area contributed by atoms with Crippen LogP contribution in [0.15, 0.2) is 50.1 Å². The molecule has 0 saturated carbocycles. The zero-order valence-electron chi connectivity index (χ0n) is 17.9. The fourth-order valence-corrected chi connectivity index (χ4v) is 3.64. The van der Waals surface area contributed by atoms with Crippen molar-refractivity contribution in [1.82, 2.24) is 0 Å². The predicted octanol–water partition coefficient (Wildman–Crippen LogP) is 4.92. The Kier molecular flexibility index (Phi) is 7.68. The van der Waals surface area contributed by atoms with Gasteiger partial charge in [-0.25, -0.2) is 0 Å². The second kappa shape index (κ2) is 11.1. The summed E-state index contributed by atoms with van der Waals surface area (Å²) >= 11 is 12.0. The van der Waals surface area contributed by atoms with Crippen LogP contribution in [-0.4, -0.2) is 37.4 Å². The highest BCUT2D eigenvalue weighted by atomic mass is 35.5. The Bertz CT molecular complexity index is 1370. The molecule has 35 heavy (non-hydrogen) atoms. The maximum absolute atomic E-state index is 12.5. The van der Waals surface area contributed by atoms with Crippen molar-refractivity contribution in [3.05, 3.63) is 72.0 Å². The first-order valence-corrected chi connectivity index (χ1v) is 11.0. The van der Waals surface area contributed by atoms with Gasteiger partial charge in [0.1, 0.15) is 19.5 Å². The summed E-state index contributed by atoms with van der Waals surface area (Å²) < 4.78 is 15.8. The Balaban J connectivity index is 1.21. The molecule has 0 amide bonds. The van der Waals surface area contributed by atoms with Crippen molar-refractivity contribution in [3.63, 3.8) is 0 Å². The standard InChI is InChI=1S/C22H17Cl2N3O8/c23-15-6-16-21(28)14(11-31-22(16)17(24)7-15)10-26-35-4-2-1-3-34-25-9-13-5-19-20(33-12-32-19)8-18(13)27(29)30/h5-11H,1-4,12H2. The van der Waals surface area contributed by atoms with E-state index in [0.717, 1.165) is 0 Å². The Labute approximate surface area is 207 Å². The molecule has 0 radical (unpaired) electrons. The number of fused-ring (bicyclic) bond motifs is 2. The quantitative estimate of drug-likeness (QED) is 0.159. The number of ether oxygens (including phenoxy) is 2. The smallest absolute Gasteiger partial charge is 0.282 e. The van der Waals surface area contributed by atoms with Crippen LogP contribution >= 0.6 is 23.2 Å². The molecule has 182 valence electrons. The van der Waals surface area contributed by atoms with Crippen LogP contribution in [0.2, 0.25) is 10.0 Å². The van der Waals surface area contributed by atoms with Gasteiger partial charge in [-0.05, 0) is 31.0 Å². The molecule has 4 rings (SSSR count). The van der Waals surface area contributed by atoms with Crippen LogP contribution in [0.3, 0.4) is 0 Å². The third-order valence-corrected chi connectivity index (χ3v) is 5.29. The number of hydrogen-bond acceptors (Lipinski definition) is 10. The van der Waals surface area contributed by atoms with E-state index in [1.807, 2.05) is 0 Å². The summed E-state index contributed by atoms with van der Waals surface area (Å²) in [5.74, 6) is 0.719. The average Bonchev–Trinajstić information content (AvgIpc) is 3.28. The van der Waals surface area contributed by atoms with Gasteiger partial charge in [-0.15, -0.1) is 0 Å². The molecule has 0 bridgehead atoms. The molecule has 0 aliphatic carbocycles. The number of nitrogens with zero attached hydrogens (tertiary/aromatic N) is 3. The van der Waals surface area contributed by atoms with Gasteiger partial charge in [-0.1, -0.05) is 33.5 Å². The summed E-state index contributed by atoms with van der Waals surface area (Å²) in [5, 5.41) is 19.6. The Morgan fingerprint density at radius 2 is 1.66 bits per heavy atom. The van der Waals surface area contributed by atoms with E-state index in [1.165, 1.54) is 43.0 Å². The molecule has 2 aromatic carbocycles. The van der Waals surface area contributed by atoms with Gasteiger partial charge in [0, 0.05) is 5.02 Å². The summed E-state index contributed by atoms with van der Waals surface area (Å²) in [6.07, 6.45) is 4.92. The van der Waals surface area contributed by atoms with Gasteiger partial charge in [0.05, 0.1) is 45.0 Å². The third-order valence-electron chi connectivity index (χ3n) is 4.79. The second-order valence-electron chi connectivity index (χ2n) is 7.15. The minimum Gasteiger partial charge on any atom is -0.462 e. The first-order valence-electron chi connectivity index (χ1n) is 10.2. The molecule has 1 aromatic heterocycles. The summed E-state index contributed by atoms with van der Waals surface area (Å²) in [4.78, 5) is 33.5. The summed E-state index contributed by atoms with van der Waals surface area (Å²) in [5.41, 5.74) is 0.164. The van der Waals surface area contributed by atoms with E-state index in [9.17, 15) is 14.9 Å². The van der Waals surface area contributed by atoms with Crippen molar-refractivity contribution in [2.45, 2.75) is 12.8 Å². The fraction of sp³-hybridized carbons (Fsp3) is 0.227. The second-order valence-corrected chi connectivity index (χ2v) is 7.99. The molecule has 2 heterocycles. The fourth-order valence-electron chi connectivity index (χ4n) is 3.10. The number of nitro benzene ring substituents is 1. The molecule has 1 aliphatic heterocycles. The van der Waals surface area contributed by atoms with E-state index in [1.54, 1.807) is 0 Å². The van der Waals surface area contributed by atoms with Gasteiger partial charge in [0.2, 0.25) is 12.2 Å². The SMILES string of the molecule is O=c1c(C=NOCCCCON=Cc2cc3c(cc2[N+](=O)[O-])OCO3)coc2c(Cl)cc(Cl)cc12. The van der Waals surface area contributed by atoms with Crippen molar-refractivity contribution in [2.24, 2.45) is 10.3 Å². The lowest BCUT2D eigenvalue weighted by Crippen LogP contribution is -2.08. The minimum atomic E-state index is -0.534. The Hall–Kier alpha value is -3.83. The summed E-state index contributed by atoms with van der Waals surface area (Å²) in [6.45, 7) is 0.542. The largest absolute Gasteiger partial charge is 0.462 e. The van der Waals surface area contributed by atoms with Crippen molar-refractivity contribution < 1.29 is 28.5 Å². The molecule has 0 spiro atoms. The van der Waals surface area contributed by atoms with Crippen LogP contribution in [-0.2, 0) is 9.68 Å². The van der Waals surface area contributed by atoms with Gasteiger partial charge in [0.25, 0.3) is 5.69 Å². The van der Waals surface area contributed by atoms with Crippen molar-refractivity contribution in [1.29, 1.82) is 0 Å². The molecule has 0 N–H and O–H groups in total. The van der Waals surface area contributed by atoms with Gasteiger partial charge < -0.3 is 23.6 Å². The van der Waals surface area contributed by atoms with E-state index < -0.39 is 4.92 Å². The van der Waals surface area contributed by atoms with Gasteiger partial charge >= 0.3 is 0 Å². The maximum atomic E-state index is 12.5. The van der Waals surface area contributed by atoms with Crippen molar-refractivity contribution >= 4 is 52.3 Å². The predicted molar refractivity (Wildman–Crippen MR) is 128 cm³/mol. The number of unbranched alkanes of at least 4 members (excludes halogenated alkanes) is 1. The highest BCUT2D eigenvalue weighted by Gasteiger charge is 2.22. The highest BCUT2D eigenvalue weighted by Crippen LogP contribution is 2.37. The molecular formula is C22H17Cl2N3O8. The number of oxime groups is 2. The van der Waals surface area contributed by atoms with Crippen LogP contribution < -0.4 is 14.9 Å². The van der Waals surface area contributed by atoms with Gasteiger partial charge in [-0.3, -0.25) is 14.9 Å². The number of halogens is 2. The van der Waals surface area contributed by atoms with Crippen LogP contribution in [0.1, 0.15) is 24.0 Å². The highest BCUT2D eigenvalue weighted by molar-refractivity contribution is 6.38. The lowest BCUT2D eigenvalue weighted by Gasteiger charge is -2.02. The molecule has 0 fully saturated rings. The Morgan fingerprint density at radius 3 is 2.34 bits per heavy atom. The molecule has 0 saturated heterocycles. The lowest BCUT2D eigenvalue weighted by atomic mass is 10.1. The lowest BCUT2D eigenvalue weighted by molar-refractivity contribution is -0.385. The number of nitro groups is 1. The monoisotopic (exact) mass is 521 g/mol. The summed E-state index contributed by atoms with van der Waals surface area (Å²) in [7, 11) is 0. The molecule has 1 aliphatic rings. The molecule has 11 nitrogen and oxygen atoms in total. The van der Waals surface area contributed by atoms with Crippen LogP contribution in [0.4, 0.5) is 5.69 Å². The van der Waals surface area contributed by atoms with Crippen molar-refractivity contribution in [2.75, 3.05) is 20.0 Å². The molecule has 0 atom stereocenters. The number of rotatable bonds is 10. The van der Waals surface area contributed by atoms with Crippen molar-refractivity contribution in [3.8, 4) is 11.5 Å². The first-order chi connectivity index (χ1) is 16.9. The van der Waals surface area contributed by atoms with E-state index in [-0.39, 0.29) is 58.2 Å². The van der Waals surface area contributed by atoms with E-state index in [0.29, 0.717) is 29.4 Å². The topological polar surface area (TPSA) is 135 Å². The van der Waals surface area contributed by atoms with E-state index in [4.69, 9.17) is 46.8 Å². The van der Waals surface area contributed by atoms with E-state index in [2.05, 4.69) is 10.3 Å². The van der Waals surface area contributed by atoms with Crippen LogP contribution in [0.25, 0.3) is 11.0 Å². The molecule has 0 unspecified atom stereocenters. The van der Waals surface area contributed by atoms with Crippen LogP contribution in [0.5, 0.6) is 11.5 Å². The third kappa shape index (κ3) is 5.81. The molecule has 13 heteroatoms. The molecule has 3 aromatic rings. The first kappa shape index (κ1) is 24.3. The number of benzene rings is 2. The Morgan fingerprint density at radius 1 is 1.00 bits per heavy atom. The zero-order chi connectivity index (χ0) is 24.8. The number of hydrogen-bond donors (Lipinski definition) is 0. The van der Waals surface area contributed by atoms with Gasteiger partial charge in [0.15, 0.2) is 17.1 Å². The summed E-state index contributed by atoms with van der Waals surface area (Å²) in [6, 6.07) is 5.72. The molecular weight excluding hydrogens is 505 g/mol. The zero-order valence-corrected chi connectivity index (χ0v) is 19.5. The van der Waals surface area contributed by atoms with E-state index >= 15 is 0 Å². The normalized spacial score (nSPS) is 12.6. The minimum absolute atomic E-state index is 0.00901. The van der Waals surface area contributed by atoms with Crippen LogP contribution in [0, 0.1) is 10.1 Å². The average molecular weight is 522 g/mol. The maximum Gasteiger partial charge on any atom is 0.282 e. The van der Waals surface area contributed by atoms with Gasteiger partial charge in [-0.2, -0.15) is 0 Å².